The zero-order valence-corrected chi connectivity index (χ0v) is 12.5. The lowest BCUT2D eigenvalue weighted by Gasteiger charge is -2.07. The Labute approximate surface area is 123 Å². The maximum absolute atomic E-state index is 12.1. The van der Waals surface area contributed by atoms with Crippen molar-refractivity contribution in [3.63, 3.8) is 0 Å². The van der Waals surface area contributed by atoms with Gasteiger partial charge in [0.05, 0.1) is 24.5 Å². The van der Waals surface area contributed by atoms with Crippen molar-refractivity contribution in [3.8, 4) is 0 Å². The van der Waals surface area contributed by atoms with Crippen molar-refractivity contribution in [2.24, 2.45) is 0 Å². The molecule has 6 heteroatoms. The van der Waals surface area contributed by atoms with E-state index in [1.54, 1.807) is 30.5 Å². The van der Waals surface area contributed by atoms with Crippen LogP contribution in [0.4, 0.5) is 0 Å². The van der Waals surface area contributed by atoms with Crippen LogP contribution >= 0.6 is 46.3 Å². The Morgan fingerprint density at radius 2 is 2.11 bits per heavy atom. The third-order valence-corrected chi connectivity index (χ3v) is 4.70. The van der Waals surface area contributed by atoms with Gasteiger partial charge in [-0.1, -0.05) is 35.0 Å². The van der Waals surface area contributed by atoms with Gasteiger partial charge in [0.2, 0.25) is 0 Å². The number of rotatable bonds is 4. The van der Waals surface area contributed by atoms with Crippen molar-refractivity contribution in [3.05, 3.63) is 44.7 Å². The molecule has 0 spiro atoms. The molecule has 2 aromatic heterocycles. The van der Waals surface area contributed by atoms with E-state index in [1.807, 2.05) is 6.92 Å². The third-order valence-electron chi connectivity index (χ3n) is 2.18. The van der Waals surface area contributed by atoms with E-state index in [4.69, 9.17) is 23.2 Å². The van der Waals surface area contributed by atoms with Gasteiger partial charge in [-0.3, -0.25) is 4.79 Å². The average molecular weight is 318 g/mol. The normalized spacial score (nSPS) is 12.4. The van der Waals surface area contributed by atoms with E-state index in [0.29, 0.717) is 14.2 Å². The molecule has 0 aliphatic carbocycles. The summed E-state index contributed by atoms with van der Waals surface area (Å²) in [7, 11) is 0. The van der Waals surface area contributed by atoms with Crippen LogP contribution in [0.1, 0.15) is 16.6 Å². The predicted octanol–water partition coefficient (Wildman–Crippen LogP) is 4.81. The third kappa shape index (κ3) is 3.48. The number of Topliss-reactive ketones (excluding diaryl/α,β-unsaturated/α-hetero) is 1. The van der Waals surface area contributed by atoms with Gasteiger partial charge in [-0.25, -0.2) is 4.98 Å². The molecule has 2 nitrogen and oxygen atoms in total. The van der Waals surface area contributed by atoms with Gasteiger partial charge in [-0.15, -0.1) is 11.3 Å². The smallest absolute Gasteiger partial charge is 0.185 e. The number of thiophene rings is 1. The van der Waals surface area contributed by atoms with Gasteiger partial charge in [0.15, 0.2) is 5.78 Å². The van der Waals surface area contributed by atoms with Crippen LogP contribution < -0.4 is 0 Å². The molecule has 0 bridgehead atoms. The molecule has 1 atom stereocenters. The van der Waals surface area contributed by atoms with Crippen LogP contribution in [0.2, 0.25) is 9.36 Å². The van der Waals surface area contributed by atoms with Gasteiger partial charge in [0.1, 0.15) is 0 Å². The summed E-state index contributed by atoms with van der Waals surface area (Å²) < 4.78 is 0.625. The summed E-state index contributed by atoms with van der Waals surface area (Å²) in [5.74, 6) is 0.0636. The fourth-order valence-electron chi connectivity index (χ4n) is 1.31. The van der Waals surface area contributed by atoms with Crippen LogP contribution in [0.25, 0.3) is 0 Å². The number of pyridine rings is 1. The fraction of sp³-hybridized carbons (Fsp3) is 0.167. The summed E-state index contributed by atoms with van der Waals surface area (Å²) in [6.45, 7) is 1.86. The van der Waals surface area contributed by atoms with Gasteiger partial charge in [-0.05, 0) is 31.2 Å². The molecular weight excluding hydrogens is 309 g/mol. The summed E-state index contributed by atoms with van der Waals surface area (Å²) in [5, 5.41) is 1.17. The zero-order valence-electron chi connectivity index (χ0n) is 9.39. The molecule has 0 aliphatic heterocycles. The predicted molar refractivity (Wildman–Crippen MR) is 78.2 cm³/mol. The topological polar surface area (TPSA) is 30.0 Å². The molecule has 0 radical (unpaired) electrons. The van der Waals surface area contributed by atoms with E-state index in [1.165, 1.54) is 23.1 Å². The lowest BCUT2D eigenvalue weighted by molar-refractivity contribution is 0.0998. The first-order valence-electron chi connectivity index (χ1n) is 5.14. The average Bonchev–Trinajstić information content (AvgIpc) is 2.78. The number of carbonyl (C=O) groups is 1. The highest BCUT2D eigenvalue weighted by Gasteiger charge is 2.18. The molecule has 0 amide bonds. The number of carbonyl (C=O) groups excluding carboxylic acids is 1. The van der Waals surface area contributed by atoms with E-state index < -0.39 is 0 Å². The SMILES string of the molecule is CC(Sc1ccc(Cl)cn1)C(=O)c1ccc(Cl)s1. The van der Waals surface area contributed by atoms with Crippen molar-refractivity contribution in [1.29, 1.82) is 0 Å². The highest BCUT2D eigenvalue weighted by molar-refractivity contribution is 8.00. The van der Waals surface area contributed by atoms with E-state index >= 15 is 0 Å². The summed E-state index contributed by atoms with van der Waals surface area (Å²) in [4.78, 5) is 16.9. The highest BCUT2D eigenvalue weighted by Crippen LogP contribution is 2.28. The molecule has 0 saturated heterocycles. The molecular formula is C12H9Cl2NOS2. The Kier molecular flexibility index (Phi) is 4.67. The van der Waals surface area contributed by atoms with E-state index in [-0.39, 0.29) is 11.0 Å². The molecule has 94 valence electrons. The van der Waals surface area contributed by atoms with Crippen molar-refractivity contribution in [1.82, 2.24) is 4.98 Å². The maximum atomic E-state index is 12.1. The molecule has 0 aliphatic rings. The Hall–Kier alpha value is -0.550. The molecule has 2 rings (SSSR count). The van der Waals surface area contributed by atoms with Crippen LogP contribution in [0.3, 0.4) is 0 Å². The van der Waals surface area contributed by atoms with Gasteiger partial charge in [0, 0.05) is 6.20 Å². The number of nitrogens with zero attached hydrogens (tertiary/aromatic N) is 1. The Morgan fingerprint density at radius 1 is 1.33 bits per heavy atom. The molecule has 2 heterocycles. The van der Waals surface area contributed by atoms with Gasteiger partial charge in [0.25, 0.3) is 0 Å². The van der Waals surface area contributed by atoms with Gasteiger partial charge in [-0.2, -0.15) is 0 Å². The summed E-state index contributed by atoms with van der Waals surface area (Å²) in [6, 6.07) is 7.05. The molecule has 2 aromatic rings. The number of aromatic nitrogens is 1. The number of hydrogen-bond acceptors (Lipinski definition) is 4. The minimum Gasteiger partial charge on any atom is -0.292 e. The number of thioether (sulfide) groups is 1. The number of hydrogen-bond donors (Lipinski definition) is 0. The van der Waals surface area contributed by atoms with Crippen molar-refractivity contribution in [2.45, 2.75) is 17.2 Å². The summed E-state index contributed by atoms with van der Waals surface area (Å²) >= 11 is 14.3. The molecule has 18 heavy (non-hydrogen) atoms. The van der Waals surface area contributed by atoms with Crippen LogP contribution in [0.5, 0.6) is 0 Å². The molecule has 0 saturated carbocycles. The van der Waals surface area contributed by atoms with Gasteiger partial charge < -0.3 is 0 Å². The standard InChI is InChI=1S/C12H9Cl2NOS2/c1-7(12(16)9-3-4-10(14)18-9)17-11-5-2-8(13)6-15-11/h2-7H,1H3. The van der Waals surface area contributed by atoms with Crippen LogP contribution in [0, 0.1) is 0 Å². The molecule has 1 unspecified atom stereocenters. The molecule has 0 fully saturated rings. The van der Waals surface area contributed by atoms with Crippen molar-refractivity contribution < 1.29 is 4.79 Å². The first-order chi connectivity index (χ1) is 8.56. The number of halogens is 2. The first kappa shape index (κ1) is 13.9. The minimum atomic E-state index is -0.201. The van der Waals surface area contributed by atoms with Crippen LogP contribution in [-0.2, 0) is 0 Å². The lowest BCUT2D eigenvalue weighted by Crippen LogP contribution is -2.12. The van der Waals surface area contributed by atoms with Gasteiger partial charge >= 0.3 is 0 Å². The van der Waals surface area contributed by atoms with E-state index in [0.717, 1.165) is 5.03 Å². The van der Waals surface area contributed by atoms with Crippen LogP contribution in [-0.4, -0.2) is 16.0 Å². The molecule has 0 aromatic carbocycles. The minimum absolute atomic E-state index is 0.0636. The zero-order chi connectivity index (χ0) is 13.1. The van der Waals surface area contributed by atoms with Crippen molar-refractivity contribution >= 4 is 52.1 Å². The Balaban J connectivity index is 2.05. The Morgan fingerprint density at radius 3 is 2.67 bits per heavy atom. The largest absolute Gasteiger partial charge is 0.292 e. The Bertz CT molecular complexity index is 553. The second-order valence-corrected chi connectivity index (χ2v) is 7.06. The highest BCUT2D eigenvalue weighted by atomic mass is 35.5. The second-order valence-electron chi connectivity index (χ2n) is 3.54. The monoisotopic (exact) mass is 317 g/mol. The fourth-order valence-corrected chi connectivity index (χ4v) is 3.43. The molecule has 0 N–H and O–H groups in total. The van der Waals surface area contributed by atoms with Crippen LogP contribution in [0.15, 0.2) is 35.5 Å². The summed E-state index contributed by atoms with van der Waals surface area (Å²) in [5.41, 5.74) is 0. The first-order valence-corrected chi connectivity index (χ1v) is 7.59. The lowest BCUT2D eigenvalue weighted by atomic mass is 10.2. The van der Waals surface area contributed by atoms with E-state index in [9.17, 15) is 4.79 Å². The van der Waals surface area contributed by atoms with E-state index in [2.05, 4.69) is 4.98 Å². The summed E-state index contributed by atoms with van der Waals surface area (Å²) in [6.07, 6.45) is 1.57. The second kappa shape index (κ2) is 6.06. The maximum Gasteiger partial charge on any atom is 0.185 e. The quantitative estimate of drug-likeness (QED) is 0.598. The number of ketones is 1. The van der Waals surface area contributed by atoms with Crippen molar-refractivity contribution in [2.75, 3.05) is 0 Å².